The largest absolute Gasteiger partial charge is 0.384 e. The maximum Gasteiger partial charge on any atom is 0.204 e. The van der Waals surface area contributed by atoms with Gasteiger partial charge in [0.05, 0.1) is 5.69 Å². The first-order valence-electron chi connectivity index (χ1n) is 4.54. The summed E-state index contributed by atoms with van der Waals surface area (Å²) in [4.78, 5) is 1.36. The Morgan fingerprint density at radius 1 is 1.33 bits per heavy atom. The van der Waals surface area contributed by atoms with Gasteiger partial charge in [-0.1, -0.05) is 18.2 Å². The second-order valence-electron chi connectivity index (χ2n) is 3.02. The number of benzene rings is 1. The van der Waals surface area contributed by atoms with Crippen molar-refractivity contribution in [3.8, 4) is 5.69 Å². The zero-order valence-electron chi connectivity index (χ0n) is 7.98. The summed E-state index contributed by atoms with van der Waals surface area (Å²) in [5.41, 5.74) is 6.08. The molecule has 3 N–H and O–H groups in total. The number of nitrogens with zero attached hydrogens (tertiary/aromatic N) is 4. The fraction of sp³-hybridized carbons (Fsp3) is 0.222. The van der Waals surface area contributed by atoms with Gasteiger partial charge in [0, 0.05) is 6.54 Å². The summed E-state index contributed by atoms with van der Waals surface area (Å²) >= 11 is 0. The lowest BCUT2D eigenvalue weighted by Crippen LogP contribution is -2.13. The number of aliphatic hydroxyl groups is 1. The van der Waals surface area contributed by atoms with Crippen LogP contribution in [-0.2, 0) is 0 Å². The molecule has 0 radical (unpaired) electrons. The van der Waals surface area contributed by atoms with Crippen LogP contribution in [0.15, 0.2) is 30.3 Å². The quantitative estimate of drug-likeness (QED) is 0.715. The van der Waals surface area contributed by atoms with Gasteiger partial charge in [0.1, 0.15) is 6.10 Å². The Bertz CT molecular complexity index is 427. The minimum atomic E-state index is -0.859. The van der Waals surface area contributed by atoms with Crippen molar-refractivity contribution >= 4 is 0 Å². The van der Waals surface area contributed by atoms with E-state index < -0.39 is 6.10 Å². The van der Waals surface area contributed by atoms with Crippen LogP contribution in [0.25, 0.3) is 5.69 Å². The highest BCUT2D eigenvalue weighted by atomic mass is 16.3. The van der Waals surface area contributed by atoms with E-state index in [4.69, 9.17) is 5.73 Å². The number of aliphatic hydroxyl groups excluding tert-OH is 1. The molecule has 1 aromatic carbocycles. The molecule has 2 aromatic rings. The molecule has 2 rings (SSSR count). The average Bonchev–Trinajstić information content (AvgIpc) is 2.78. The Hall–Kier alpha value is -1.79. The minimum absolute atomic E-state index is 0.0838. The molecule has 1 atom stereocenters. The van der Waals surface area contributed by atoms with Crippen molar-refractivity contribution in [2.24, 2.45) is 5.73 Å². The van der Waals surface area contributed by atoms with Crippen molar-refractivity contribution < 1.29 is 5.11 Å². The van der Waals surface area contributed by atoms with E-state index in [9.17, 15) is 5.11 Å². The molecular weight excluding hydrogens is 194 g/mol. The number of rotatable bonds is 3. The van der Waals surface area contributed by atoms with Crippen molar-refractivity contribution in [3.63, 3.8) is 0 Å². The summed E-state index contributed by atoms with van der Waals surface area (Å²) in [5, 5.41) is 20.9. The Balaban J connectivity index is 2.28. The van der Waals surface area contributed by atoms with Crippen molar-refractivity contribution in [3.05, 3.63) is 36.2 Å². The smallest absolute Gasteiger partial charge is 0.204 e. The Morgan fingerprint density at radius 2 is 2.07 bits per heavy atom. The standard InChI is InChI=1S/C9H11N5O/c10-6-8(15)9-11-13-14(12-9)7-4-2-1-3-5-7/h1-5,8,15H,6,10H2. The van der Waals surface area contributed by atoms with Gasteiger partial charge in [0.15, 0.2) is 0 Å². The molecule has 0 amide bonds. The first-order valence-corrected chi connectivity index (χ1v) is 4.54. The number of para-hydroxylation sites is 1. The first-order chi connectivity index (χ1) is 7.31. The van der Waals surface area contributed by atoms with Gasteiger partial charge in [-0.2, -0.15) is 0 Å². The van der Waals surface area contributed by atoms with E-state index in [0.29, 0.717) is 0 Å². The van der Waals surface area contributed by atoms with Crippen LogP contribution in [0.2, 0.25) is 0 Å². The lowest BCUT2D eigenvalue weighted by atomic mass is 10.3. The molecule has 0 spiro atoms. The Morgan fingerprint density at radius 3 is 2.73 bits per heavy atom. The van der Waals surface area contributed by atoms with Crippen molar-refractivity contribution in [1.82, 2.24) is 20.2 Å². The second-order valence-corrected chi connectivity index (χ2v) is 3.02. The predicted octanol–water partition coefficient (Wildman–Crippen LogP) is -0.346. The number of tetrazole rings is 1. The van der Waals surface area contributed by atoms with E-state index in [1.54, 1.807) is 0 Å². The van der Waals surface area contributed by atoms with Crippen LogP contribution < -0.4 is 5.73 Å². The summed E-state index contributed by atoms with van der Waals surface area (Å²) in [5.74, 6) is 0.237. The third-order valence-electron chi connectivity index (χ3n) is 1.94. The highest BCUT2D eigenvalue weighted by molar-refractivity contribution is 5.27. The molecule has 0 fully saturated rings. The molecule has 1 unspecified atom stereocenters. The molecule has 6 nitrogen and oxygen atoms in total. The molecule has 0 bridgehead atoms. The number of nitrogens with two attached hydrogens (primary N) is 1. The van der Waals surface area contributed by atoms with Gasteiger partial charge in [-0.15, -0.1) is 15.0 Å². The van der Waals surface area contributed by atoms with E-state index in [0.717, 1.165) is 5.69 Å². The van der Waals surface area contributed by atoms with Gasteiger partial charge >= 0.3 is 0 Å². The molecule has 15 heavy (non-hydrogen) atoms. The fourth-order valence-electron chi connectivity index (χ4n) is 1.13. The maximum absolute atomic E-state index is 9.39. The van der Waals surface area contributed by atoms with Gasteiger partial charge in [-0.25, -0.2) is 0 Å². The van der Waals surface area contributed by atoms with E-state index in [1.807, 2.05) is 30.3 Å². The zero-order chi connectivity index (χ0) is 10.7. The van der Waals surface area contributed by atoms with Crippen LogP contribution in [0.4, 0.5) is 0 Å². The summed E-state index contributed by atoms with van der Waals surface area (Å²) < 4.78 is 0. The maximum atomic E-state index is 9.39. The van der Waals surface area contributed by atoms with E-state index in [-0.39, 0.29) is 12.4 Å². The first kappa shape index (κ1) is 9.75. The molecular formula is C9H11N5O. The van der Waals surface area contributed by atoms with Crippen LogP contribution in [0, 0.1) is 0 Å². The Labute approximate surface area is 86.3 Å². The SMILES string of the molecule is NCC(O)c1nnn(-c2ccccc2)n1. The molecule has 1 heterocycles. The summed E-state index contributed by atoms with van der Waals surface area (Å²) in [6.07, 6.45) is -0.859. The Kier molecular flexibility index (Phi) is 2.70. The molecule has 0 aliphatic carbocycles. The van der Waals surface area contributed by atoms with Crippen LogP contribution in [-0.4, -0.2) is 31.9 Å². The van der Waals surface area contributed by atoms with Crippen molar-refractivity contribution in [1.29, 1.82) is 0 Å². The van der Waals surface area contributed by atoms with Crippen LogP contribution in [0.5, 0.6) is 0 Å². The lowest BCUT2D eigenvalue weighted by Gasteiger charge is -1.99. The fourth-order valence-corrected chi connectivity index (χ4v) is 1.13. The summed E-state index contributed by atoms with van der Waals surface area (Å²) in [6, 6.07) is 9.34. The van der Waals surface area contributed by atoms with Gasteiger partial charge in [0.25, 0.3) is 0 Å². The van der Waals surface area contributed by atoms with Crippen LogP contribution in [0.3, 0.4) is 0 Å². The minimum Gasteiger partial charge on any atom is -0.384 e. The molecule has 0 aliphatic heterocycles. The molecule has 0 saturated carbocycles. The third-order valence-corrected chi connectivity index (χ3v) is 1.94. The highest BCUT2D eigenvalue weighted by Crippen LogP contribution is 2.06. The molecule has 0 aliphatic rings. The lowest BCUT2D eigenvalue weighted by molar-refractivity contribution is 0.176. The van der Waals surface area contributed by atoms with Crippen molar-refractivity contribution in [2.75, 3.05) is 6.54 Å². The van der Waals surface area contributed by atoms with Crippen LogP contribution >= 0.6 is 0 Å². The topological polar surface area (TPSA) is 89.9 Å². The predicted molar refractivity (Wildman–Crippen MR) is 53.2 cm³/mol. The normalized spacial score (nSPS) is 12.7. The average molecular weight is 205 g/mol. The number of aromatic nitrogens is 4. The summed E-state index contributed by atoms with van der Waals surface area (Å²) in [7, 11) is 0. The zero-order valence-corrected chi connectivity index (χ0v) is 7.98. The van der Waals surface area contributed by atoms with E-state index >= 15 is 0 Å². The van der Waals surface area contributed by atoms with Crippen LogP contribution in [0.1, 0.15) is 11.9 Å². The molecule has 1 aromatic heterocycles. The van der Waals surface area contributed by atoms with Crippen molar-refractivity contribution in [2.45, 2.75) is 6.10 Å². The summed E-state index contributed by atoms with van der Waals surface area (Å²) in [6.45, 7) is 0.0838. The van der Waals surface area contributed by atoms with E-state index in [2.05, 4.69) is 15.4 Å². The third kappa shape index (κ3) is 2.00. The van der Waals surface area contributed by atoms with Gasteiger partial charge in [-0.3, -0.25) is 0 Å². The highest BCUT2D eigenvalue weighted by Gasteiger charge is 2.12. The van der Waals surface area contributed by atoms with Gasteiger partial charge in [0.2, 0.25) is 5.82 Å². The van der Waals surface area contributed by atoms with Gasteiger partial charge in [-0.05, 0) is 17.3 Å². The molecule has 78 valence electrons. The second kappa shape index (κ2) is 4.16. The monoisotopic (exact) mass is 205 g/mol. The molecule has 0 saturated heterocycles. The number of hydrogen-bond donors (Lipinski definition) is 2. The van der Waals surface area contributed by atoms with Gasteiger partial charge < -0.3 is 10.8 Å². The molecule has 6 heteroatoms. The number of hydrogen-bond acceptors (Lipinski definition) is 5. The van der Waals surface area contributed by atoms with E-state index in [1.165, 1.54) is 4.80 Å².